The van der Waals surface area contributed by atoms with Crippen LogP contribution in [0.4, 0.5) is 11.4 Å². The average Bonchev–Trinajstić information content (AvgIpc) is 2.41. The van der Waals surface area contributed by atoms with E-state index in [1.165, 1.54) is 30.3 Å². The second-order valence-electron chi connectivity index (χ2n) is 3.83. The molecule has 6 nitrogen and oxygen atoms in total. The standard InChI is InChI=1S/C13H11N3O3/c17-13-4-2-1-3-10(13)9-14-15-11-5-7-12(8-6-11)16(18)19/h1-8,17H,9H2. The molecule has 2 rings (SSSR count). The Morgan fingerprint density at radius 1 is 1.11 bits per heavy atom. The Morgan fingerprint density at radius 2 is 1.79 bits per heavy atom. The number of nitrogens with zero attached hydrogens (tertiary/aromatic N) is 2. The van der Waals surface area contributed by atoms with E-state index in [-0.39, 0.29) is 11.4 Å². The van der Waals surface area contributed by atoms with Crippen molar-refractivity contribution < 1.29 is 15.1 Å². The first-order valence-electron chi connectivity index (χ1n) is 5.60. The van der Waals surface area contributed by atoms with Crippen LogP contribution in [0.15, 0.2) is 53.6 Å². The zero-order chi connectivity index (χ0) is 13.7. The third-order valence-electron chi connectivity index (χ3n) is 2.51. The van der Waals surface area contributed by atoms with E-state index in [2.05, 4.69) is 10.2 Å². The highest BCUT2D eigenvalue weighted by molar-refractivity contribution is 5.43. The Hall–Kier alpha value is -2.76. The highest BCUT2D eigenvalue weighted by Crippen LogP contribution is 2.16. The summed E-state index contributed by atoms with van der Waals surface area (Å²) in [7, 11) is 0. The molecule has 0 saturated carbocycles. The molecule has 0 aliphatic heterocycles. The van der Waals surface area contributed by atoms with E-state index in [1.807, 2.05) is 0 Å². The lowest BCUT2D eigenvalue weighted by Crippen LogP contribution is -2.63. The van der Waals surface area contributed by atoms with Gasteiger partial charge in [-0.25, -0.2) is 0 Å². The molecule has 2 aromatic carbocycles. The van der Waals surface area contributed by atoms with Gasteiger partial charge in [0.05, 0.1) is 4.92 Å². The number of non-ortho nitro benzene ring substituents is 1. The lowest BCUT2D eigenvalue weighted by atomic mass is 10.2. The molecule has 19 heavy (non-hydrogen) atoms. The molecule has 0 amide bonds. The topological polar surface area (TPSA) is 92.5 Å². The van der Waals surface area contributed by atoms with Crippen LogP contribution in [-0.2, 0) is 6.54 Å². The number of hydrogen-bond donors (Lipinski definition) is 1. The van der Waals surface area contributed by atoms with Gasteiger partial charge in [-0.3, -0.25) is 10.1 Å². The molecule has 0 saturated heterocycles. The minimum Gasteiger partial charge on any atom is -0.872 e. The molecule has 0 fully saturated rings. The first-order chi connectivity index (χ1) is 9.16. The van der Waals surface area contributed by atoms with E-state index in [0.29, 0.717) is 17.8 Å². The highest BCUT2D eigenvalue weighted by atomic mass is 16.6. The molecular weight excluding hydrogens is 246 g/mol. The van der Waals surface area contributed by atoms with Gasteiger partial charge >= 0.3 is 0 Å². The van der Waals surface area contributed by atoms with Crippen LogP contribution in [0.1, 0.15) is 5.56 Å². The average molecular weight is 257 g/mol. The highest BCUT2D eigenvalue weighted by Gasteiger charge is 2.04. The Balaban J connectivity index is 2.03. The summed E-state index contributed by atoms with van der Waals surface area (Å²) in [6.45, 7) is 0.316. The lowest BCUT2D eigenvalue weighted by Gasteiger charge is -2.07. The van der Waals surface area contributed by atoms with Crippen molar-refractivity contribution in [2.24, 2.45) is 5.11 Å². The lowest BCUT2D eigenvalue weighted by molar-refractivity contribution is -0.545. The van der Waals surface area contributed by atoms with Gasteiger partial charge in [0.2, 0.25) is 0 Å². The van der Waals surface area contributed by atoms with Crippen molar-refractivity contribution in [2.45, 2.75) is 6.54 Å². The predicted octanol–water partition coefficient (Wildman–Crippen LogP) is 1.03. The minimum atomic E-state index is -0.467. The summed E-state index contributed by atoms with van der Waals surface area (Å²) in [5.41, 5.74) is 1.20. The smallest absolute Gasteiger partial charge is 0.269 e. The van der Waals surface area contributed by atoms with E-state index in [0.717, 1.165) is 0 Å². The molecule has 1 N–H and O–H groups in total. The van der Waals surface area contributed by atoms with Crippen molar-refractivity contribution in [1.29, 1.82) is 0 Å². The van der Waals surface area contributed by atoms with E-state index in [9.17, 15) is 15.2 Å². The van der Waals surface area contributed by atoms with Gasteiger partial charge in [-0.2, -0.15) is 0 Å². The van der Waals surface area contributed by atoms with Crippen molar-refractivity contribution in [3.8, 4) is 5.75 Å². The number of para-hydroxylation sites is 1. The van der Waals surface area contributed by atoms with Crippen LogP contribution >= 0.6 is 0 Å². The third-order valence-corrected chi connectivity index (χ3v) is 2.51. The second kappa shape index (κ2) is 5.72. The van der Waals surface area contributed by atoms with E-state index in [1.54, 1.807) is 18.2 Å². The Kier molecular flexibility index (Phi) is 3.82. The molecule has 2 aromatic rings. The Morgan fingerprint density at radius 3 is 2.42 bits per heavy atom. The number of hydrogen-bond acceptors (Lipinski definition) is 4. The van der Waals surface area contributed by atoms with E-state index >= 15 is 0 Å². The van der Waals surface area contributed by atoms with Crippen LogP contribution in [0.2, 0.25) is 0 Å². The molecule has 0 radical (unpaired) electrons. The fourth-order valence-corrected chi connectivity index (χ4v) is 1.51. The Bertz CT molecular complexity index is 609. The summed E-state index contributed by atoms with van der Waals surface area (Å²) in [6, 6.07) is 12.5. The molecule has 0 spiro atoms. The van der Waals surface area contributed by atoms with Crippen LogP contribution in [-0.4, -0.2) is 4.92 Å². The molecule has 96 valence electrons. The van der Waals surface area contributed by atoms with Gasteiger partial charge < -0.3 is 5.11 Å². The van der Waals surface area contributed by atoms with Crippen LogP contribution in [0, 0.1) is 10.1 Å². The maximum atomic E-state index is 11.4. The summed E-state index contributed by atoms with van der Waals surface area (Å²) in [6.07, 6.45) is 0. The Labute approximate surface area is 109 Å². The van der Waals surface area contributed by atoms with Crippen molar-refractivity contribution in [3.63, 3.8) is 0 Å². The molecule has 0 heterocycles. The number of azo groups is 1. The number of benzene rings is 2. The molecule has 0 atom stereocenters. The molecule has 6 heteroatoms. The molecule has 0 aliphatic rings. The predicted molar refractivity (Wildman–Crippen MR) is 65.7 cm³/mol. The van der Waals surface area contributed by atoms with Gasteiger partial charge in [0.1, 0.15) is 5.69 Å². The number of nitrogens with one attached hydrogen (secondary N) is 1. The van der Waals surface area contributed by atoms with E-state index < -0.39 is 4.92 Å². The zero-order valence-corrected chi connectivity index (χ0v) is 9.95. The molecule has 0 aromatic heterocycles. The molecule has 0 unspecified atom stereocenters. The molecular formula is C13H11N3O3. The van der Waals surface area contributed by atoms with Gasteiger partial charge in [-0.05, 0) is 17.2 Å². The summed E-state index contributed by atoms with van der Waals surface area (Å²) in [5.74, 6) is -0.0473. The van der Waals surface area contributed by atoms with Gasteiger partial charge in [0.15, 0.2) is 6.54 Å². The van der Waals surface area contributed by atoms with Crippen molar-refractivity contribution in [1.82, 2.24) is 0 Å². The summed E-state index contributed by atoms with van der Waals surface area (Å²) in [4.78, 5) is 10.0. The zero-order valence-electron chi connectivity index (χ0n) is 9.95. The number of nitro groups is 1. The van der Waals surface area contributed by atoms with Gasteiger partial charge in [0.25, 0.3) is 5.69 Å². The minimum absolute atomic E-state index is 0.0175. The SMILES string of the molecule is O=[N+]([O-])c1ccc(N=[NH+]Cc2ccccc2[O-])cc1. The monoisotopic (exact) mass is 257 g/mol. The second-order valence-corrected chi connectivity index (χ2v) is 3.83. The van der Waals surface area contributed by atoms with Crippen LogP contribution < -0.4 is 10.2 Å². The summed E-state index contributed by atoms with van der Waals surface area (Å²) >= 11 is 0. The first-order valence-corrected chi connectivity index (χ1v) is 5.60. The summed E-state index contributed by atoms with van der Waals surface area (Å²) in [5, 5.41) is 28.7. The fraction of sp³-hybridized carbons (Fsp3) is 0.0769. The van der Waals surface area contributed by atoms with E-state index in [4.69, 9.17) is 0 Å². The first kappa shape index (κ1) is 12.7. The quantitative estimate of drug-likeness (QED) is 0.503. The van der Waals surface area contributed by atoms with Crippen LogP contribution in [0.25, 0.3) is 0 Å². The van der Waals surface area contributed by atoms with Gasteiger partial charge in [-0.1, -0.05) is 30.0 Å². The van der Waals surface area contributed by atoms with Gasteiger partial charge in [-0.15, -0.1) is 5.11 Å². The fourth-order valence-electron chi connectivity index (χ4n) is 1.51. The van der Waals surface area contributed by atoms with Crippen LogP contribution in [0.3, 0.4) is 0 Å². The van der Waals surface area contributed by atoms with Crippen molar-refractivity contribution >= 4 is 11.4 Å². The maximum Gasteiger partial charge on any atom is 0.269 e. The molecule has 0 aliphatic carbocycles. The normalized spacial score (nSPS) is 10.7. The van der Waals surface area contributed by atoms with Gasteiger partial charge in [0, 0.05) is 17.7 Å². The third kappa shape index (κ3) is 3.35. The van der Waals surface area contributed by atoms with Crippen LogP contribution in [0.5, 0.6) is 5.75 Å². The molecule has 0 bridgehead atoms. The maximum absolute atomic E-state index is 11.4. The van der Waals surface area contributed by atoms with Crippen molar-refractivity contribution in [2.75, 3.05) is 0 Å². The largest absolute Gasteiger partial charge is 0.872 e. The summed E-state index contributed by atoms with van der Waals surface area (Å²) < 4.78 is 0. The number of nitro benzene ring substituents is 1. The van der Waals surface area contributed by atoms with Crippen molar-refractivity contribution in [3.05, 3.63) is 64.2 Å². The number of rotatable bonds is 4.